The fraction of sp³-hybridized carbons (Fsp3) is 0.458. The number of aliphatic imine (C=N–C) groups is 1. The molecule has 0 aliphatic carbocycles. The molecule has 0 radical (unpaired) electrons. The normalized spacial score (nSPS) is 17.7. The first kappa shape index (κ1) is 21.3. The van der Waals surface area contributed by atoms with E-state index in [1.165, 1.54) is 37.1 Å². The Morgan fingerprint density at radius 1 is 1.10 bits per heavy atom. The van der Waals surface area contributed by atoms with E-state index >= 15 is 0 Å². The average Bonchev–Trinajstić information content (AvgIpc) is 3.20. The first-order valence-corrected chi connectivity index (χ1v) is 11.3. The minimum atomic E-state index is 0.560. The summed E-state index contributed by atoms with van der Waals surface area (Å²) in [6.45, 7) is 9.90. The quantitative estimate of drug-likeness (QED) is 0.455. The van der Waals surface area contributed by atoms with Gasteiger partial charge in [0.05, 0.1) is 13.1 Å². The molecule has 1 aliphatic heterocycles. The fourth-order valence-corrected chi connectivity index (χ4v) is 4.12. The smallest absolute Gasteiger partial charge is 0.191 e. The van der Waals surface area contributed by atoms with Gasteiger partial charge >= 0.3 is 0 Å². The highest BCUT2D eigenvalue weighted by Crippen LogP contribution is 2.18. The van der Waals surface area contributed by atoms with E-state index < -0.39 is 0 Å². The third-order valence-corrected chi connectivity index (χ3v) is 5.73. The van der Waals surface area contributed by atoms with Gasteiger partial charge < -0.3 is 10.6 Å². The summed E-state index contributed by atoms with van der Waals surface area (Å²) in [5.41, 5.74) is 3.44. The van der Waals surface area contributed by atoms with Crippen molar-refractivity contribution in [3.05, 3.63) is 65.6 Å². The highest BCUT2D eigenvalue weighted by atomic mass is 15.3. The van der Waals surface area contributed by atoms with Crippen LogP contribution in [-0.2, 0) is 19.6 Å². The van der Waals surface area contributed by atoms with Crippen LogP contribution in [0.2, 0.25) is 0 Å². The largest absolute Gasteiger partial charge is 0.357 e. The number of rotatable bonds is 7. The Hall–Kier alpha value is -2.93. The predicted octanol–water partition coefficient (Wildman–Crippen LogP) is 3.22. The Labute approximate surface area is 184 Å². The van der Waals surface area contributed by atoms with Gasteiger partial charge in [-0.05, 0) is 55.5 Å². The molecule has 164 valence electrons. The third-order valence-electron chi connectivity index (χ3n) is 5.73. The van der Waals surface area contributed by atoms with Crippen molar-refractivity contribution in [3.63, 3.8) is 0 Å². The SMILES string of the molecule is CCNC(=NCc1ccc(CN2CCCC(C)C2)cc1)NCc1nnc2ccccn12. The Morgan fingerprint density at radius 2 is 1.94 bits per heavy atom. The van der Waals surface area contributed by atoms with E-state index in [1.54, 1.807) is 0 Å². The van der Waals surface area contributed by atoms with Crippen molar-refractivity contribution in [2.24, 2.45) is 10.9 Å². The molecule has 0 amide bonds. The molecule has 1 saturated heterocycles. The molecule has 1 unspecified atom stereocenters. The zero-order valence-corrected chi connectivity index (χ0v) is 18.6. The van der Waals surface area contributed by atoms with Gasteiger partial charge in [-0.3, -0.25) is 9.30 Å². The maximum absolute atomic E-state index is 4.75. The molecule has 2 N–H and O–H groups in total. The van der Waals surface area contributed by atoms with Gasteiger partial charge in [0.1, 0.15) is 0 Å². The van der Waals surface area contributed by atoms with Crippen LogP contribution in [0.15, 0.2) is 53.7 Å². The molecule has 1 aliphatic rings. The Bertz CT molecular complexity index is 993. The number of nitrogens with one attached hydrogen (secondary N) is 2. The number of likely N-dealkylation sites (tertiary alicyclic amines) is 1. The molecule has 1 atom stereocenters. The summed E-state index contributed by atoms with van der Waals surface area (Å²) in [6, 6.07) is 14.8. The van der Waals surface area contributed by atoms with Gasteiger partial charge in [0.2, 0.25) is 0 Å². The van der Waals surface area contributed by atoms with Gasteiger partial charge in [0.25, 0.3) is 0 Å². The van der Waals surface area contributed by atoms with E-state index in [-0.39, 0.29) is 0 Å². The van der Waals surface area contributed by atoms with Crippen LogP contribution in [0.3, 0.4) is 0 Å². The number of pyridine rings is 1. The van der Waals surface area contributed by atoms with Gasteiger partial charge in [-0.25, -0.2) is 4.99 Å². The summed E-state index contributed by atoms with van der Waals surface area (Å²) in [7, 11) is 0. The Balaban J connectivity index is 1.33. The lowest BCUT2D eigenvalue weighted by Gasteiger charge is -2.30. The second-order valence-electron chi connectivity index (χ2n) is 8.39. The van der Waals surface area contributed by atoms with Crippen molar-refractivity contribution in [3.8, 4) is 0 Å². The van der Waals surface area contributed by atoms with Crippen LogP contribution in [0.4, 0.5) is 0 Å². The summed E-state index contributed by atoms with van der Waals surface area (Å²) in [6.07, 6.45) is 4.66. The van der Waals surface area contributed by atoms with Gasteiger partial charge in [-0.15, -0.1) is 10.2 Å². The van der Waals surface area contributed by atoms with Crippen LogP contribution in [0.5, 0.6) is 0 Å². The molecule has 0 bridgehead atoms. The van der Waals surface area contributed by atoms with Crippen LogP contribution in [0.1, 0.15) is 43.6 Å². The molecule has 0 spiro atoms. The topological polar surface area (TPSA) is 69.8 Å². The lowest BCUT2D eigenvalue weighted by Crippen LogP contribution is -2.37. The molecule has 1 fully saturated rings. The molecular formula is C24H33N7. The second kappa shape index (κ2) is 10.4. The standard InChI is InChI=1S/C24H33N7/c1-3-25-24(27-16-23-29-28-22-8-4-5-14-31(22)23)26-15-20-9-11-21(12-10-20)18-30-13-6-7-19(2)17-30/h4-5,8-12,14,19H,3,6-7,13,15-18H2,1-2H3,(H2,25,26,27). The van der Waals surface area contributed by atoms with E-state index in [2.05, 4.69) is 63.8 Å². The van der Waals surface area contributed by atoms with Crippen LogP contribution in [-0.4, -0.2) is 45.1 Å². The van der Waals surface area contributed by atoms with Crippen molar-refractivity contribution in [2.75, 3.05) is 19.6 Å². The Morgan fingerprint density at radius 3 is 2.74 bits per heavy atom. The highest BCUT2D eigenvalue weighted by Gasteiger charge is 2.16. The van der Waals surface area contributed by atoms with Gasteiger partial charge in [-0.2, -0.15) is 0 Å². The number of benzene rings is 1. The fourth-order valence-electron chi connectivity index (χ4n) is 4.12. The average molecular weight is 420 g/mol. The molecule has 31 heavy (non-hydrogen) atoms. The lowest BCUT2D eigenvalue weighted by atomic mass is 9.99. The maximum atomic E-state index is 4.75. The van der Waals surface area contributed by atoms with E-state index in [0.717, 1.165) is 36.4 Å². The third kappa shape index (κ3) is 5.82. The van der Waals surface area contributed by atoms with Crippen molar-refractivity contribution in [1.29, 1.82) is 0 Å². The van der Waals surface area contributed by atoms with Crippen LogP contribution >= 0.6 is 0 Å². The van der Waals surface area contributed by atoms with Crippen molar-refractivity contribution in [1.82, 2.24) is 30.1 Å². The minimum absolute atomic E-state index is 0.560. The summed E-state index contributed by atoms with van der Waals surface area (Å²) in [4.78, 5) is 7.32. The molecule has 7 nitrogen and oxygen atoms in total. The van der Waals surface area contributed by atoms with Crippen LogP contribution < -0.4 is 10.6 Å². The number of nitrogens with zero attached hydrogens (tertiary/aromatic N) is 5. The van der Waals surface area contributed by atoms with E-state index in [4.69, 9.17) is 4.99 Å². The van der Waals surface area contributed by atoms with Crippen LogP contribution in [0, 0.1) is 5.92 Å². The minimum Gasteiger partial charge on any atom is -0.357 e. The molecule has 3 heterocycles. The zero-order chi connectivity index (χ0) is 21.5. The molecule has 7 heteroatoms. The summed E-state index contributed by atoms with van der Waals surface area (Å²) >= 11 is 0. The Kier molecular flexibility index (Phi) is 7.14. The number of aromatic nitrogens is 3. The van der Waals surface area contributed by atoms with Crippen molar-refractivity contribution >= 4 is 11.6 Å². The molecule has 3 aromatic rings. The molecule has 4 rings (SSSR count). The molecule has 1 aromatic carbocycles. The second-order valence-corrected chi connectivity index (χ2v) is 8.39. The van der Waals surface area contributed by atoms with Crippen molar-refractivity contribution < 1.29 is 0 Å². The highest BCUT2D eigenvalue weighted by molar-refractivity contribution is 5.79. The van der Waals surface area contributed by atoms with Gasteiger partial charge in [0.15, 0.2) is 17.4 Å². The number of piperidine rings is 1. The lowest BCUT2D eigenvalue weighted by molar-refractivity contribution is 0.176. The predicted molar refractivity (Wildman–Crippen MR) is 125 cm³/mol. The van der Waals surface area contributed by atoms with E-state index in [0.29, 0.717) is 13.1 Å². The summed E-state index contributed by atoms with van der Waals surface area (Å²) < 4.78 is 1.98. The maximum Gasteiger partial charge on any atom is 0.191 e. The first-order chi connectivity index (χ1) is 15.2. The number of guanidine groups is 1. The van der Waals surface area contributed by atoms with E-state index in [1.807, 2.05) is 28.8 Å². The zero-order valence-electron chi connectivity index (χ0n) is 18.6. The molecular weight excluding hydrogens is 386 g/mol. The van der Waals surface area contributed by atoms with Gasteiger partial charge in [0, 0.05) is 25.8 Å². The number of hydrogen-bond donors (Lipinski definition) is 2. The van der Waals surface area contributed by atoms with Crippen LogP contribution in [0.25, 0.3) is 5.65 Å². The molecule has 2 aromatic heterocycles. The molecule has 0 saturated carbocycles. The van der Waals surface area contributed by atoms with Gasteiger partial charge in [-0.1, -0.05) is 37.3 Å². The van der Waals surface area contributed by atoms with E-state index in [9.17, 15) is 0 Å². The summed E-state index contributed by atoms with van der Waals surface area (Å²) in [5, 5.41) is 15.1. The monoisotopic (exact) mass is 419 g/mol. The first-order valence-electron chi connectivity index (χ1n) is 11.3. The number of hydrogen-bond acceptors (Lipinski definition) is 4. The number of fused-ring (bicyclic) bond motifs is 1. The summed E-state index contributed by atoms with van der Waals surface area (Å²) in [5.74, 6) is 2.45. The van der Waals surface area contributed by atoms with Crippen molar-refractivity contribution in [2.45, 2.75) is 46.3 Å².